The summed E-state index contributed by atoms with van der Waals surface area (Å²) in [6.07, 6.45) is -3.54. The van der Waals surface area contributed by atoms with Gasteiger partial charge in [-0.1, -0.05) is 80.3 Å². The predicted octanol–water partition coefficient (Wildman–Crippen LogP) is 8.40. The molecule has 0 saturated carbocycles. The van der Waals surface area contributed by atoms with Crippen LogP contribution in [0.15, 0.2) is 84.6 Å². The second kappa shape index (κ2) is 13.6. The molecular weight excluding hydrogens is 808 g/mol. The molecule has 4 aromatic rings. The van der Waals surface area contributed by atoms with E-state index in [2.05, 4.69) is 36.9 Å². The molecule has 0 saturated heterocycles. The standard InChI is InChI=1S/C30H18Br2Cl3F3N2O4S/c1-2-43-28(42)23-24(15-4-6-18(33)7-5-15)40-27(41)22(45-29(40)39-26(23)30(36,37)38)11-16-10-17(31)12-19(32)25(16)44-13-14-3-8-20(34)21(35)9-14/h3-12,24H,2,13H2,1H3/b22-11-/t24-/m0/s1. The van der Waals surface area contributed by atoms with Crippen LogP contribution in [0.4, 0.5) is 13.2 Å². The molecule has 234 valence electrons. The Morgan fingerprint density at radius 2 is 1.78 bits per heavy atom. The topological polar surface area (TPSA) is 69.9 Å². The zero-order valence-corrected chi connectivity index (χ0v) is 29.0. The van der Waals surface area contributed by atoms with Crippen molar-refractivity contribution in [3.05, 3.63) is 126 Å². The van der Waals surface area contributed by atoms with Gasteiger partial charge in [0.15, 0.2) is 10.5 Å². The van der Waals surface area contributed by atoms with Gasteiger partial charge in [-0.2, -0.15) is 13.2 Å². The third kappa shape index (κ3) is 7.21. The number of allylic oxidation sites excluding steroid dienone is 1. The fraction of sp³-hybridized carbons (Fsp3) is 0.167. The van der Waals surface area contributed by atoms with Gasteiger partial charge in [-0.05, 0) is 76.5 Å². The lowest BCUT2D eigenvalue weighted by Crippen LogP contribution is -2.41. The van der Waals surface area contributed by atoms with Crippen LogP contribution in [-0.2, 0) is 16.1 Å². The number of esters is 1. The average Bonchev–Trinajstić information content (AvgIpc) is 3.28. The molecule has 5 rings (SSSR count). The highest BCUT2D eigenvalue weighted by molar-refractivity contribution is 9.11. The molecule has 1 atom stereocenters. The van der Waals surface area contributed by atoms with Gasteiger partial charge in [0.25, 0.3) is 5.56 Å². The number of alkyl halides is 3. The van der Waals surface area contributed by atoms with Crippen LogP contribution in [0, 0.1) is 0 Å². The fourth-order valence-corrected chi connectivity index (χ4v) is 7.38. The minimum absolute atomic E-state index is 0.0451. The fourth-order valence-electron chi connectivity index (χ4n) is 4.57. The van der Waals surface area contributed by atoms with Gasteiger partial charge in [-0.15, -0.1) is 0 Å². The van der Waals surface area contributed by atoms with Crippen molar-refractivity contribution in [2.24, 2.45) is 4.99 Å². The zero-order chi connectivity index (χ0) is 32.6. The van der Waals surface area contributed by atoms with Crippen LogP contribution in [0.3, 0.4) is 0 Å². The highest BCUT2D eigenvalue weighted by Crippen LogP contribution is 2.39. The molecule has 15 heteroatoms. The van der Waals surface area contributed by atoms with E-state index in [1.54, 1.807) is 30.3 Å². The molecule has 6 nitrogen and oxygen atoms in total. The van der Waals surface area contributed by atoms with E-state index in [-0.39, 0.29) is 28.1 Å². The first-order valence-electron chi connectivity index (χ1n) is 12.9. The molecule has 0 spiro atoms. The zero-order valence-electron chi connectivity index (χ0n) is 22.7. The van der Waals surface area contributed by atoms with Crippen LogP contribution < -0.4 is 19.6 Å². The molecule has 0 unspecified atom stereocenters. The van der Waals surface area contributed by atoms with E-state index >= 15 is 0 Å². The number of ether oxygens (including phenoxy) is 2. The Labute approximate surface area is 289 Å². The number of benzene rings is 3. The van der Waals surface area contributed by atoms with Crippen molar-refractivity contribution >= 4 is 90.0 Å². The summed E-state index contributed by atoms with van der Waals surface area (Å²) in [5.74, 6) is -0.885. The number of hydrogen-bond acceptors (Lipinski definition) is 6. The number of carbonyl (C=O) groups is 1. The SMILES string of the molecule is CCOC(=O)C1=C(C(F)(F)F)N=c2s/c(=C\c3cc(Br)cc(Br)c3OCc3ccc(Cl)c(Cl)c3)c(=O)n2[C@H]1c1ccc(Cl)cc1. The van der Waals surface area contributed by atoms with Crippen LogP contribution >= 0.6 is 78.0 Å². The smallest absolute Gasteiger partial charge is 0.434 e. The van der Waals surface area contributed by atoms with Gasteiger partial charge in [0.2, 0.25) is 0 Å². The molecule has 1 aliphatic heterocycles. The maximum Gasteiger partial charge on any atom is 0.434 e. The van der Waals surface area contributed by atoms with Crippen LogP contribution in [0.1, 0.15) is 29.7 Å². The second-order valence-corrected chi connectivity index (χ2v) is 13.5. The Balaban J connectivity index is 1.70. The lowest BCUT2D eigenvalue weighted by atomic mass is 9.95. The number of hydrogen-bond donors (Lipinski definition) is 0. The van der Waals surface area contributed by atoms with Crippen LogP contribution in [0.2, 0.25) is 15.1 Å². The first-order valence-corrected chi connectivity index (χ1v) is 16.4. The summed E-state index contributed by atoms with van der Waals surface area (Å²) in [5, 5.41) is 1.06. The Hall–Kier alpha value is -2.61. The van der Waals surface area contributed by atoms with Crippen LogP contribution in [0.5, 0.6) is 5.75 Å². The molecule has 0 aliphatic carbocycles. The summed E-state index contributed by atoms with van der Waals surface area (Å²) in [7, 11) is 0. The van der Waals surface area contributed by atoms with Gasteiger partial charge >= 0.3 is 12.1 Å². The minimum atomic E-state index is -5.03. The van der Waals surface area contributed by atoms with E-state index < -0.39 is 35.0 Å². The maximum atomic E-state index is 14.4. The monoisotopic (exact) mass is 822 g/mol. The number of halogens is 8. The number of nitrogens with zero attached hydrogens (tertiary/aromatic N) is 2. The largest absolute Gasteiger partial charge is 0.487 e. The number of aromatic nitrogens is 1. The maximum absolute atomic E-state index is 14.4. The van der Waals surface area contributed by atoms with Gasteiger partial charge in [-0.3, -0.25) is 9.36 Å². The van der Waals surface area contributed by atoms with Gasteiger partial charge < -0.3 is 9.47 Å². The van der Waals surface area contributed by atoms with Crippen molar-refractivity contribution < 1.29 is 27.4 Å². The summed E-state index contributed by atoms with van der Waals surface area (Å²) in [4.78, 5) is 30.6. The third-order valence-corrected chi connectivity index (χ3v) is 9.49. The van der Waals surface area contributed by atoms with Crippen molar-refractivity contribution in [1.82, 2.24) is 4.57 Å². The number of carbonyl (C=O) groups excluding carboxylic acids is 1. The van der Waals surface area contributed by atoms with Crippen molar-refractivity contribution in [3.63, 3.8) is 0 Å². The summed E-state index contributed by atoms with van der Waals surface area (Å²) >= 11 is 25.9. The lowest BCUT2D eigenvalue weighted by molar-refractivity contribution is -0.140. The number of fused-ring (bicyclic) bond motifs is 1. The van der Waals surface area contributed by atoms with Crippen LogP contribution in [-0.4, -0.2) is 23.3 Å². The molecule has 2 heterocycles. The Morgan fingerprint density at radius 1 is 1.07 bits per heavy atom. The van der Waals surface area contributed by atoms with Crippen molar-refractivity contribution in [2.45, 2.75) is 25.7 Å². The Morgan fingerprint density at radius 3 is 2.42 bits per heavy atom. The molecule has 1 aromatic heterocycles. The molecule has 0 bridgehead atoms. The molecule has 0 amide bonds. The summed E-state index contributed by atoms with van der Waals surface area (Å²) in [6, 6.07) is 12.8. The number of rotatable bonds is 7. The molecule has 0 N–H and O–H groups in total. The molecule has 45 heavy (non-hydrogen) atoms. The summed E-state index contributed by atoms with van der Waals surface area (Å²) in [5.41, 5.74) is -1.55. The molecule has 3 aromatic carbocycles. The Kier molecular flexibility index (Phi) is 10.2. The molecule has 1 aliphatic rings. The van der Waals surface area contributed by atoms with E-state index in [9.17, 15) is 22.8 Å². The molecular formula is C30H18Br2Cl3F3N2O4S. The Bertz CT molecular complexity index is 2030. The van der Waals surface area contributed by atoms with Gasteiger partial charge in [0.05, 0.1) is 37.3 Å². The quantitative estimate of drug-likeness (QED) is 0.176. The minimum Gasteiger partial charge on any atom is -0.487 e. The highest BCUT2D eigenvalue weighted by Gasteiger charge is 2.45. The van der Waals surface area contributed by atoms with E-state index in [0.717, 1.165) is 21.5 Å². The first kappa shape index (κ1) is 33.7. The second-order valence-electron chi connectivity index (χ2n) is 9.46. The number of thiazole rings is 1. The van der Waals surface area contributed by atoms with E-state index in [1.807, 2.05) is 0 Å². The third-order valence-electron chi connectivity index (χ3n) is 6.47. The van der Waals surface area contributed by atoms with Gasteiger partial charge in [-0.25, -0.2) is 9.79 Å². The highest BCUT2D eigenvalue weighted by atomic mass is 79.9. The van der Waals surface area contributed by atoms with Gasteiger partial charge in [0, 0.05) is 15.1 Å². The lowest BCUT2D eigenvalue weighted by Gasteiger charge is -2.26. The normalized spacial score (nSPS) is 15.1. The molecule has 0 fully saturated rings. The predicted molar refractivity (Wildman–Crippen MR) is 175 cm³/mol. The molecule has 0 radical (unpaired) electrons. The van der Waals surface area contributed by atoms with E-state index in [4.69, 9.17) is 44.3 Å². The summed E-state index contributed by atoms with van der Waals surface area (Å²) in [6.45, 7) is 1.37. The first-order chi connectivity index (χ1) is 21.3. The average molecular weight is 826 g/mol. The van der Waals surface area contributed by atoms with Crippen molar-refractivity contribution in [3.8, 4) is 5.75 Å². The van der Waals surface area contributed by atoms with E-state index in [0.29, 0.717) is 35.3 Å². The van der Waals surface area contributed by atoms with E-state index in [1.165, 1.54) is 37.3 Å². The van der Waals surface area contributed by atoms with Gasteiger partial charge in [0.1, 0.15) is 12.4 Å². The van der Waals surface area contributed by atoms with Crippen LogP contribution in [0.25, 0.3) is 6.08 Å². The van der Waals surface area contributed by atoms with Crippen molar-refractivity contribution in [1.29, 1.82) is 0 Å². The van der Waals surface area contributed by atoms with Crippen molar-refractivity contribution in [2.75, 3.05) is 6.61 Å². The summed E-state index contributed by atoms with van der Waals surface area (Å²) < 4.78 is 56.6.